The average molecular weight is 393 g/mol. The number of carbonyl (C=O) groups excluding carboxylic acids is 1. The molecule has 3 nitrogen and oxygen atoms in total. The highest BCUT2D eigenvalue weighted by Crippen LogP contribution is 2.30. The molecule has 0 bridgehead atoms. The van der Waals surface area contributed by atoms with Gasteiger partial charge in [0.25, 0.3) is 5.91 Å². The van der Waals surface area contributed by atoms with Crippen LogP contribution in [0.25, 0.3) is 10.8 Å². The zero-order valence-electron chi connectivity index (χ0n) is 16.4. The van der Waals surface area contributed by atoms with E-state index in [9.17, 15) is 4.79 Å². The maximum atomic E-state index is 12.7. The van der Waals surface area contributed by atoms with Crippen LogP contribution in [0.4, 0.5) is 0 Å². The number of amides is 1. The lowest BCUT2D eigenvalue weighted by molar-refractivity contribution is 0.0583. The monoisotopic (exact) mass is 392 g/mol. The van der Waals surface area contributed by atoms with Crippen LogP contribution in [0.15, 0.2) is 60.7 Å². The van der Waals surface area contributed by atoms with Gasteiger partial charge in [0.15, 0.2) is 0 Å². The molecule has 0 spiro atoms. The van der Waals surface area contributed by atoms with Crippen LogP contribution in [0, 0.1) is 6.92 Å². The zero-order chi connectivity index (χ0) is 19.7. The molecule has 0 radical (unpaired) electrons. The number of rotatable bonds is 3. The van der Waals surface area contributed by atoms with Crippen molar-refractivity contribution in [1.82, 2.24) is 9.80 Å². The molecule has 0 aromatic heterocycles. The van der Waals surface area contributed by atoms with Gasteiger partial charge in [-0.2, -0.15) is 0 Å². The third-order valence-electron chi connectivity index (χ3n) is 5.87. The molecule has 144 valence electrons. The summed E-state index contributed by atoms with van der Waals surface area (Å²) in [6.07, 6.45) is 0. The van der Waals surface area contributed by atoms with Gasteiger partial charge in [-0.25, -0.2) is 0 Å². The molecule has 1 atom stereocenters. The Balaban J connectivity index is 1.47. The Morgan fingerprint density at radius 2 is 1.54 bits per heavy atom. The maximum absolute atomic E-state index is 12.7. The van der Waals surface area contributed by atoms with Crippen molar-refractivity contribution in [1.29, 1.82) is 0 Å². The lowest BCUT2D eigenvalue weighted by atomic mass is 9.95. The molecule has 1 amide bonds. The van der Waals surface area contributed by atoms with Gasteiger partial charge in [0.1, 0.15) is 0 Å². The maximum Gasteiger partial charge on any atom is 0.253 e. The summed E-state index contributed by atoms with van der Waals surface area (Å²) in [5.41, 5.74) is 3.37. The molecule has 0 aliphatic carbocycles. The number of benzene rings is 3. The van der Waals surface area contributed by atoms with Gasteiger partial charge in [0.2, 0.25) is 0 Å². The molecule has 28 heavy (non-hydrogen) atoms. The van der Waals surface area contributed by atoms with Crippen LogP contribution in [-0.2, 0) is 0 Å². The van der Waals surface area contributed by atoms with Crippen LogP contribution in [0.5, 0.6) is 0 Å². The van der Waals surface area contributed by atoms with Gasteiger partial charge in [-0.05, 0) is 60.0 Å². The van der Waals surface area contributed by atoms with E-state index in [2.05, 4.69) is 55.1 Å². The molecular formula is C24H25ClN2O. The third kappa shape index (κ3) is 3.65. The molecule has 3 aromatic rings. The average Bonchev–Trinajstić information content (AvgIpc) is 2.74. The summed E-state index contributed by atoms with van der Waals surface area (Å²) in [7, 11) is 0. The minimum absolute atomic E-state index is 0.0877. The predicted octanol–water partition coefficient (Wildman–Crippen LogP) is 5.32. The number of carbonyl (C=O) groups is 1. The molecule has 4 heteroatoms. The van der Waals surface area contributed by atoms with Crippen molar-refractivity contribution in [3.8, 4) is 0 Å². The van der Waals surface area contributed by atoms with E-state index >= 15 is 0 Å². The molecule has 1 aliphatic rings. The van der Waals surface area contributed by atoms with Gasteiger partial charge >= 0.3 is 0 Å². The lowest BCUT2D eigenvalue weighted by Crippen LogP contribution is -2.49. The van der Waals surface area contributed by atoms with Gasteiger partial charge < -0.3 is 4.90 Å². The Bertz CT molecular complexity index is 991. The SMILES string of the molecule is Cc1ccc(C(C)N2CCN(C(=O)c3ccc(Cl)cc3)CC2)c2ccccc12. The van der Waals surface area contributed by atoms with Crippen molar-refractivity contribution >= 4 is 28.3 Å². The quantitative estimate of drug-likeness (QED) is 0.602. The minimum Gasteiger partial charge on any atom is -0.336 e. The normalized spacial score (nSPS) is 16.3. The summed E-state index contributed by atoms with van der Waals surface area (Å²) in [5.74, 6) is 0.0877. The van der Waals surface area contributed by atoms with Crippen molar-refractivity contribution in [3.05, 3.63) is 82.4 Å². The van der Waals surface area contributed by atoms with Crippen molar-refractivity contribution in [2.75, 3.05) is 26.2 Å². The van der Waals surface area contributed by atoms with Crippen molar-refractivity contribution in [2.45, 2.75) is 19.9 Å². The van der Waals surface area contributed by atoms with Crippen molar-refractivity contribution in [2.24, 2.45) is 0 Å². The first-order valence-corrected chi connectivity index (χ1v) is 10.2. The second-order valence-corrected chi connectivity index (χ2v) is 7.96. The molecular weight excluding hydrogens is 368 g/mol. The molecule has 1 aliphatic heterocycles. The Hall–Kier alpha value is -2.36. The number of fused-ring (bicyclic) bond motifs is 1. The first kappa shape index (κ1) is 19.0. The van der Waals surface area contributed by atoms with E-state index in [1.54, 1.807) is 24.3 Å². The number of aryl methyl sites for hydroxylation is 1. The van der Waals surface area contributed by atoms with E-state index < -0.39 is 0 Å². The van der Waals surface area contributed by atoms with E-state index in [4.69, 9.17) is 11.6 Å². The van der Waals surface area contributed by atoms with Crippen LogP contribution in [0.1, 0.15) is 34.5 Å². The predicted molar refractivity (Wildman–Crippen MR) is 116 cm³/mol. The minimum atomic E-state index is 0.0877. The van der Waals surface area contributed by atoms with Gasteiger partial charge in [-0.1, -0.05) is 48.0 Å². The summed E-state index contributed by atoms with van der Waals surface area (Å²) in [4.78, 5) is 17.2. The van der Waals surface area contributed by atoms with Crippen LogP contribution in [0.2, 0.25) is 5.02 Å². The fourth-order valence-electron chi connectivity index (χ4n) is 4.12. The highest BCUT2D eigenvalue weighted by Gasteiger charge is 2.26. The standard InChI is InChI=1S/C24H25ClN2O/c1-17-7-12-22(23-6-4-3-5-21(17)23)18(2)26-13-15-27(16-14-26)24(28)19-8-10-20(25)11-9-19/h3-12,18H,13-16H2,1-2H3. The smallest absolute Gasteiger partial charge is 0.253 e. The zero-order valence-corrected chi connectivity index (χ0v) is 17.1. The molecule has 1 unspecified atom stereocenters. The number of hydrogen-bond donors (Lipinski definition) is 0. The lowest BCUT2D eigenvalue weighted by Gasteiger charge is -2.38. The van der Waals surface area contributed by atoms with E-state index in [1.807, 2.05) is 4.90 Å². The second kappa shape index (κ2) is 7.94. The number of nitrogens with zero attached hydrogens (tertiary/aromatic N) is 2. The Morgan fingerprint density at radius 1 is 0.893 bits per heavy atom. The number of halogens is 1. The molecule has 4 rings (SSSR count). The van der Waals surface area contributed by atoms with Crippen LogP contribution < -0.4 is 0 Å². The van der Waals surface area contributed by atoms with Crippen LogP contribution in [0.3, 0.4) is 0 Å². The summed E-state index contributed by atoms with van der Waals surface area (Å²) in [6.45, 7) is 7.68. The molecule has 3 aromatic carbocycles. The molecule has 1 saturated heterocycles. The highest BCUT2D eigenvalue weighted by atomic mass is 35.5. The van der Waals surface area contributed by atoms with Gasteiger partial charge in [0.05, 0.1) is 0 Å². The topological polar surface area (TPSA) is 23.6 Å². The van der Waals surface area contributed by atoms with E-state index in [-0.39, 0.29) is 5.91 Å². The van der Waals surface area contributed by atoms with Crippen molar-refractivity contribution < 1.29 is 4.79 Å². The van der Waals surface area contributed by atoms with E-state index in [0.717, 1.165) is 26.2 Å². The van der Waals surface area contributed by atoms with Crippen molar-refractivity contribution in [3.63, 3.8) is 0 Å². The molecule has 1 heterocycles. The third-order valence-corrected chi connectivity index (χ3v) is 6.12. The van der Waals surface area contributed by atoms with Gasteiger partial charge in [-0.3, -0.25) is 9.69 Å². The number of hydrogen-bond acceptors (Lipinski definition) is 2. The number of piperazine rings is 1. The first-order valence-electron chi connectivity index (χ1n) is 9.82. The Labute approximate surface area is 171 Å². The van der Waals surface area contributed by atoms with Crippen LogP contribution in [-0.4, -0.2) is 41.9 Å². The molecule has 0 N–H and O–H groups in total. The van der Waals surface area contributed by atoms with Gasteiger partial charge in [-0.15, -0.1) is 0 Å². The molecule has 1 fully saturated rings. The van der Waals surface area contributed by atoms with E-state index in [1.165, 1.54) is 21.9 Å². The fraction of sp³-hybridized carbons (Fsp3) is 0.292. The van der Waals surface area contributed by atoms with E-state index in [0.29, 0.717) is 16.6 Å². The Kier molecular flexibility index (Phi) is 5.38. The molecule has 0 saturated carbocycles. The fourth-order valence-corrected chi connectivity index (χ4v) is 4.25. The Morgan fingerprint density at radius 3 is 2.21 bits per heavy atom. The van der Waals surface area contributed by atoms with Crippen LogP contribution >= 0.6 is 11.6 Å². The second-order valence-electron chi connectivity index (χ2n) is 7.53. The summed E-state index contributed by atoms with van der Waals surface area (Å²) < 4.78 is 0. The summed E-state index contributed by atoms with van der Waals surface area (Å²) in [5, 5.41) is 3.30. The first-order chi connectivity index (χ1) is 13.5. The highest BCUT2D eigenvalue weighted by molar-refractivity contribution is 6.30. The largest absolute Gasteiger partial charge is 0.336 e. The summed E-state index contributed by atoms with van der Waals surface area (Å²) >= 11 is 5.93. The van der Waals surface area contributed by atoms with Gasteiger partial charge in [0, 0.05) is 42.8 Å². The summed E-state index contributed by atoms with van der Waals surface area (Å²) in [6, 6.07) is 20.6.